The van der Waals surface area contributed by atoms with Crippen molar-refractivity contribution in [3.63, 3.8) is 0 Å². The van der Waals surface area contributed by atoms with Gasteiger partial charge in [-0.1, -0.05) is 41.9 Å². The molecule has 0 radical (unpaired) electrons. The number of hydrogen-bond donors (Lipinski definition) is 0. The van der Waals surface area contributed by atoms with E-state index in [0.29, 0.717) is 5.02 Å². The largest absolute Gasteiger partial charge is 0.373 e. The predicted octanol–water partition coefficient (Wildman–Crippen LogP) is 4.36. The second kappa shape index (κ2) is 4.15. The molecule has 0 aromatic heterocycles. The minimum Gasteiger partial charge on any atom is -0.121 e. The van der Waals surface area contributed by atoms with Gasteiger partial charge in [-0.3, -0.25) is 0 Å². The first-order valence-corrected chi connectivity index (χ1v) is 9.66. The molecule has 0 aliphatic heterocycles. The van der Waals surface area contributed by atoms with Crippen molar-refractivity contribution >= 4 is 66.8 Å². The lowest BCUT2D eigenvalue weighted by Crippen LogP contribution is -2.30. The Morgan fingerprint density at radius 3 is 2.00 bits per heavy atom. The van der Waals surface area contributed by atoms with Gasteiger partial charge in [0.1, 0.15) is 0 Å². The zero-order valence-corrected chi connectivity index (χ0v) is 11.5. The molecule has 5 heteroatoms. The van der Waals surface area contributed by atoms with Crippen LogP contribution in [0.2, 0.25) is 5.02 Å². The van der Waals surface area contributed by atoms with Crippen molar-refractivity contribution in [2.75, 3.05) is 0 Å². The average Bonchev–Trinajstić information content (AvgIpc) is 2.17. The van der Waals surface area contributed by atoms with Crippen LogP contribution < -0.4 is 5.19 Å². The van der Waals surface area contributed by atoms with Gasteiger partial charge in [0.05, 0.1) is 0 Å². The van der Waals surface area contributed by atoms with E-state index in [2.05, 4.69) is 0 Å². The summed E-state index contributed by atoms with van der Waals surface area (Å²) in [5, 5.41) is 3.32. The molecule has 0 bridgehead atoms. The predicted molar refractivity (Wildman–Crippen MR) is 71.9 cm³/mol. The van der Waals surface area contributed by atoms with Crippen LogP contribution >= 0.6 is 44.8 Å². The minimum atomic E-state index is -2.86. The maximum absolute atomic E-state index is 6.07. The van der Waals surface area contributed by atoms with E-state index in [1.807, 2.05) is 24.3 Å². The highest BCUT2D eigenvalue weighted by atomic mass is 35.8. The second-order valence-electron chi connectivity index (χ2n) is 3.14. The molecule has 0 saturated heterocycles. The fourth-order valence-electron chi connectivity index (χ4n) is 1.51. The normalized spacial score (nSPS) is 12.0. The zero-order valence-electron chi connectivity index (χ0n) is 7.48. The first-order chi connectivity index (χ1) is 7.00. The topological polar surface area (TPSA) is 0 Å². The highest BCUT2D eigenvalue weighted by Crippen LogP contribution is 2.28. The van der Waals surface area contributed by atoms with Gasteiger partial charge in [0.25, 0.3) is 0 Å². The fraction of sp³-hybridized carbons (Fsp3) is 0. The molecular formula is C10H6Cl4Si. The summed E-state index contributed by atoms with van der Waals surface area (Å²) in [5.41, 5.74) is 0. The third-order valence-electron chi connectivity index (χ3n) is 2.18. The van der Waals surface area contributed by atoms with Gasteiger partial charge in [0.2, 0.25) is 0 Å². The summed E-state index contributed by atoms with van der Waals surface area (Å²) in [6.07, 6.45) is 0. The quantitative estimate of drug-likeness (QED) is 0.542. The van der Waals surface area contributed by atoms with Crippen LogP contribution in [0.15, 0.2) is 36.4 Å². The van der Waals surface area contributed by atoms with E-state index in [1.54, 1.807) is 12.1 Å². The lowest BCUT2D eigenvalue weighted by Gasteiger charge is -2.12. The molecule has 0 saturated carbocycles. The third-order valence-corrected chi connectivity index (χ3v) is 5.39. The van der Waals surface area contributed by atoms with E-state index in [0.717, 1.165) is 16.0 Å². The molecule has 15 heavy (non-hydrogen) atoms. The lowest BCUT2D eigenvalue weighted by molar-refractivity contribution is 1.78. The van der Waals surface area contributed by atoms with Crippen molar-refractivity contribution in [3.05, 3.63) is 41.4 Å². The van der Waals surface area contributed by atoms with Crippen LogP contribution in [0.3, 0.4) is 0 Å². The molecule has 0 aliphatic rings. The third kappa shape index (κ3) is 2.27. The molecule has 0 fully saturated rings. The number of hydrogen-bond acceptors (Lipinski definition) is 0. The summed E-state index contributed by atoms with van der Waals surface area (Å²) >= 11 is 24.1. The summed E-state index contributed by atoms with van der Waals surface area (Å²) in [7, 11) is 0. The molecule has 2 rings (SSSR count). The monoisotopic (exact) mass is 294 g/mol. The fourth-order valence-corrected chi connectivity index (χ4v) is 4.02. The van der Waals surface area contributed by atoms with Crippen LogP contribution in [0, 0.1) is 0 Å². The van der Waals surface area contributed by atoms with E-state index in [4.69, 9.17) is 44.8 Å². The van der Waals surface area contributed by atoms with E-state index < -0.39 is 6.00 Å². The maximum atomic E-state index is 6.07. The minimum absolute atomic E-state index is 0.678. The molecule has 2 aromatic rings. The van der Waals surface area contributed by atoms with Crippen LogP contribution in [0.25, 0.3) is 10.8 Å². The second-order valence-corrected chi connectivity index (χ2v) is 11.9. The van der Waals surface area contributed by atoms with E-state index in [-0.39, 0.29) is 0 Å². The molecule has 0 N–H and O–H groups in total. The van der Waals surface area contributed by atoms with Crippen LogP contribution in [0.5, 0.6) is 0 Å². The lowest BCUT2D eigenvalue weighted by atomic mass is 10.1. The molecule has 2 aromatic carbocycles. The number of benzene rings is 2. The molecule has 0 amide bonds. The van der Waals surface area contributed by atoms with Crippen molar-refractivity contribution in [1.82, 2.24) is 0 Å². The summed E-state index contributed by atoms with van der Waals surface area (Å²) in [6, 6.07) is 8.37. The summed E-state index contributed by atoms with van der Waals surface area (Å²) in [4.78, 5) is 0. The van der Waals surface area contributed by atoms with Gasteiger partial charge in [-0.15, -0.1) is 33.2 Å². The Morgan fingerprint density at radius 1 is 0.800 bits per heavy atom. The van der Waals surface area contributed by atoms with Crippen molar-refractivity contribution < 1.29 is 0 Å². The summed E-state index contributed by atoms with van der Waals surface area (Å²) < 4.78 is 0. The highest BCUT2D eigenvalue weighted by molar-refractivity contribution is 7.69. The van der Waals surface area contributed by atoms with Gasteiger partial charge in [0, 0.05) is 10.4 Å². The molecule has 0 nitrogen and oxygen atoms in total. The van der Waals surface area contributed by atoms with Gasteiger partial charge in [-0.25, -0.2) is 0 Å². The van der Waals surface area contributed by atoms with Gasteiger partial charge in [-0.2, -0.15) is 0 Å². The Morgan fingerprint density at radius 2 is 1.40 bits per heavy atom. The van der Waals surface area contributed by atoms with Crippen molar-refractivity contribution in [2.24, 2.45) is 0 Å². The standard InChI is InChI=1S/C10H6Cl4Si/c11-9-5-6-10(15(12,13)14)8-4-2-1-3-7(8)9/h1-6H. The van der Waals surface area contributed by atoms with Crippen molar-refractivity contribution in [2.45, 2.75) is 0 Å². The van der Waals surface area contributed by atoms with Gasteiger partial charge >= 0.3 is 6.00 Å². The Hall–Kier alpha value is 0.0769. The van der Waals surface area contributed by atoms with E-state index in [1.165, 1.54) is 0 Å². The Balaban J connectivity index is 2.84. The van der Waals surface area contributed by atoms with Crippen LogP contribution in [0.4, 0.5) is 0 Å². The molecule has 0 aliphatic carbocycles. The van der Waals surface area contributed by atoms with E-state index >= 15 is 0 Å². The number of fused-ring (bicyclic) bond motifs is 1. The molecule has 0 spiro atoms. The maximum Gasteiger partial charge on any atom is 0.373 e. The van der Waals surface area contributed by atoms with Crippen molar-refractivity contribution in [1.29, 1.82) is 0 Å². The van der Waals surface area contributed by atoms with Crippen LogP contribution in [-0.4, -0.2) is 6.00 Å². The smallest absolute Gasteiger partial charge is 0.121 e. The number of halogens is 4. The van der Waals surface area contributed by atoms with Crippen molar-refractivity contribution in [3.8, 4) is 0 Å². The molecule has 78 valence electrons. The Bertz CT molecular complexity index is 504. The Kier molecular flexibility index (Phi) is 3.20. The molecule has 0 heterocycles. The first kappa shape index (κ1) is 11.6. The van der Waals surface area contributed by atoms with E-state index in [9.17, 15) is 0 Å². The Labute approximate surface area is 108 Å². The number of rotatable bonds is 1. The zero-order chi connectivity index (χ0) is 11.1. The average molecular weight is 296 g/mol. The molecule has 0 atom stereocenters. The first-order valence-electron chi connectivity index (χ1n) is 4.24. The molecular weight excluding hydrogens is 290 g/mol. The van der Waals surface area contributed by atoms with Crippen LogP contribution in [-0.2, 0) is 0 Å². The molecule has 0 unspecified atom stereocenters. The van der Waals surface area contributed by atoms with Gasteiger partial charge in [0.15, 0.2) is 0 Å². The van der Waals surface area contributed by atoms with Crippen LogP contribution in [0.1, 0.15) is 0 Å². The van der Waals surface area contributed by atoms with Gasteiger partial charge in [-0.05, 0) is 16.6 Å². The SMILES string of the molecule is Clc1ccc([Si](Cl)(Cl)Cl)c2ccccc12. The summed E-state index contributed by atoms with van der Waals surface area (Å²) in [6.45, 7) is 0. The summed E-state index contributed by atoms with van der Waals surface area (Å²) in [5.74, 6) is 0. The highest BCUT2D eigenvalue weighted by Gasteiger charge is 2.30. The van der Waals surface area contributed by atoms with Gasteiger partial charge < -0.3 is 0 Å².